The number of hydrogen-bond donors (Lipinski definition) is 3. The smallest absolute Gasteiger partial charge is 0.0456 e. The van der Waals surface area contributed by atoms with Crippen molar-refractivity contribution in [2.75, 3.05) is 6.54 Å². The lowest BCUT2D eigenvalue weighted by molar-refractivity contribution is 0.689. The second kappa shape index (κ2) is 5.10. The Labute approximate surface area is 106 Å². The third-order valence-electron chi connectivity index (χ3n) is 3.24. The van der Waals surface area contributed by atoms with E-state index in [0.717, 1.165) is 19.5 Å². The number of aromatic amines is 2. The molecule has 3 N–H and O–H groups in total. The molecular weight excluding hydrogens is 222 g/mol. The summed E-state index contributed by atoms with van der Waals surface area (Å²) >= 11 is 0. The lowest BCUT2D eigenvalue weighted by Crippen LogP contribution is -2.16. The van der Waals surface area contributed by atoms with Gasteiger partial charge < -0.3 is 15.3 Å². The molecule has 92 valence electrons. The number of H-pyrrole nitrogens is 2. The van der Waals surface area contributed by atoms with E-state index in [4.69, 9.17) is 0 Å². The second-order valence-corrected chi connectivity index (χ2v) is 4.51. The van der Waals surface area contributed by atoms with Crippen LogP contribution in [0.5, 0.6) is 0 Å². The second-order valence-electron chi connectivity index (χ2n) is 4.51. The van der Waals surface area contributed by atoms with Crippen LogP contribution in [0.1, 0.15) is 11.1 Å². The quantitative estimate of drug-likeness (QED) is 0.589. The van der Waals surface area contributed by atoms with E-state index in [-0.39, 0.29) is 0 Å². The molecule has 18 heavy (non-hydrogen) atoms. The lowest BCUT2D eigenvalue weighted by Gasteiger charge is -2.02. The van der Waals surface area contributed by atoms with E-state index < -0.39 is 0 Å². The molecular formula is C15H17N3. The van der Waals surface area contributed by atoms with Crippen molar-refractivity contribution in [3.8, 4) is 0 Å². The maximum absolute atomic E-state index is 3.46. The molecule has 0 radical (unpaired) electrons. The maximum Gasteiger partial charge on any atom is 0.0456 e. The zero-order valence-corrected chi connectivity index (χ0v) is 10.2. The van der Waals surface area contributed by atoms with Crippen LogP contribution in [0, 0.1) is 0 Å². The molecule has 0 spiro atoms. The summed E-state index contributed by atoms with van der Waals surface area (Å²) in [6.45, 7) is 1.92. The van der Waals surface area contributed by atoms with E-state index in [9.17, 15) is 0 Å². The van der Waals surface area contributed by atoms with Crippen molar-refractivity contribution in [1.29, 1.82) is 0 Å². The van der Waals surface area contributed by atoms with Crippen LogP contribution in [0.15, 0.2) is 48.9 Å². The molecule has 1 aromatic carbocycles. The minimum absolute atomic E-state index is 0.922. The van der Waals surface area contributed by atoms with Crippen molar-refractivity contribution >= 4 is 10.9 Å². The van der Waals surface area contributed by atoms with Crippen molar-refractivity contribution in [3.63, 3.8) is 0 Å². The fraction of sp³-hybridized carbons (Fsp3) is 0.200. The summed E-state index contributed by atoms with van der Waals surface area (Å²) < 4.78 is 0. The summed E-state index contributed by atoms with van der Waals surface area (Å²) in [5.74, 6) is 0. The molecule has 3 nitrogen and oxygen atoms in total. The highest BCUT2D eigenvalue weighted by Crippen LogP contribution is 2.17. The molecule has 0 aliphatic rings. The predicted molar refractivity (Wildman–Crippen MR) is 74.5 cm³/mol. The standard InChI is InChI=1S/C15H17N3/c1-2-4-15-14(3-1)13(11-18-15)6-8-17-10-12-5-7-16-9-12/h1-5,7,9,11,16-18H,6,8,10H2. The molecule has 2 aromatic heterocycles. The highest BCUT2D eigenvalue weighted by molar-refractivity contribution is 5.83. The summed E-state index contributed by atoms with van der Waals surface area (Å²) in [6, 6.07) is 10.5. The molecule has 2 heterocycles. The molecule has 3 rings (SSSR count). The van der Waals surface area contributed by atoms with E-state index in [2.05, 4.69) is 51.8 Å². The Morgan fingerprint density at radius 2 is 2.00 bits per heavy atom. The van der Waals surface area contributed by atoms with Gasteiger partial charge in [0.1, 0.15) is 0 Å². The van der Waals surface area contributed by atoms with Crippen LogP contribution in [0.4, 0.5) is 0 Å². The number of fused-ring (bicyclic) bond motifs is 1. The first-order valence-electron chi connectivity index (χ1n) is 6.31. The fourth-order valence-corrected chi connectivity index (χ4v) is 2.26. The zero-order valence-electron chi connectivity index (χ0n) is 10.2. The molecule has 0 saturated carbocycles. The average molecular weight is 239 g/mol. The molecule has 3 aromatic rings. The number of nitrogens with one attached hydrogen (secondary N) is 3. The first kappa shape index (κ1) is 11.1. The summed E-state index contributed by atoms with van der Waals surface area (Å²) in [5.41, 5.74) is 3.90. The Morgan fingerprint density at radius 1 is 1.06 bits per heavy atom. The largest absolute Gasteiger partial charge is 0.367 e. The Morgan fingerprint density at radius 3 is 2.89 bits per heavy atom. The maximum atomic E-state index is 3.46. The molecule has 0 aliphatic heterocycles. The van der Waals surface area contributed by atoms with E-state index in [1.807, 2.05) is 12.4 Å². The van der Waals surface area contributed by atoms with E-state index >= 15 is 0 Å². The molecule has 0 bridgehead atoms. The normalized spacial score (nSPS) is 11.1. The molecule has 0 aliphatic carbocycles. The Kier molecular flexibility index (Phi) is 3.15. The van der Waals surface area contributed by atoms with Crippen LogP contribution < -0.4 is 5.32 Å². The minimum atomic E-state index is 0.922. The Bertz CT molecular complexity index is 608. The van der Waals surface area contributed by atoms with Crippen molar-refractivity contribution in [1.82, 2.24) is 15.3 Å². The summed E-state index contributed by atoms with van der Waals surface area (Å²) in [5, 5.41) is 4.79. The van der Waals surface area contributed by atoms with Crippen LogP contribution in [0.3, 0.4) is 0 Å². The van der Waals surface area contributed by atoms with Crippen LogP contribution in [-0.2, 0) is 13.0 Å². The van der Waals surface area contributed by atoms with Gasteiger partial charge in [-0.2, -0.15) is 0 Å². The summed E-state index contributed by atoms with van der Waals surface area (Å²) in [4.78, 5) is 6.37. The average Bonchev–Trinajstić information content (AvgIpc) is 3.04. The number of hydrogen-bond acceptors (Lipinski definition) is 1. The molecule has 0 atom stereocenters. The number of aromatic nitrogens is 2. The molecule has 0 amide bonds. The van der Waals surface area contributed by atoms with Crippen molar-refractivity contribution in [2.45, 2.75) is 13.0 Å². The highest BCUT2D eigenvalue weighted by atomic mass is 14.9. The highest BCUT2D eigenvalue weighted by Gasteiger charge is 2.02. The van der Waals surface area contributed by atoms with Crippen molar-refractivity contribution in [3.05, 3.63) is 60.0 Å². The van der Waals surface area contributed by atoms with Gasteiger partial charge >= 0.3 is 0 Å². The van der Waals surface area contributed by atoms with Gasteiger partial charge in [0.15, 0.2) is 0 Å². The topological polar surface area (TPSA) is 43.6 Å². The van der Waals surface area contributed by atoms with E-state index in [1.54, 1.807) is 0 Å². The molecule has 0 fully saturated rings. The van der Waals surface area contributed by atoms with Gasteiger partial charge in [-0.1, -0.05) is 18.2 Å². The van der Waals surface area contributed by atoms with Crippen LogP contribution in [-0.4, -0.2) is 16.5 Å². The molecule has 0 unspecified atom stereocenters. The summed E-state index contributed by atoms with van der Waals surface area (Å²) in [7, 11) is 0. The predicted octanol–water partition coefficient (Wildman–Crippen LogP) is 2.83. The number of rotatable bonds is 5. The lowest BCUT2D eigenvalue weighted by atomic mass is 10.1. The number of benzene rings is 1. The Hall–Kier alpha value is -2.00. The van der Waals surface area contributed by atoms with Gasteiger partial charge in [-0.25, -0.2) is 0 Å². The first-order chi connectivity index (χ1) is 8.93. The van der Waals surface area contributed by atoms with Gasteiger partial charge in [0.2, 0.25) is 0 Å². The van der Waals surface area contributed by atoms with Crippen LogP contribution >= 0.6 is 0 Å². The minimum Gasteiger partial charge on any atom is -0.367 e. The van der Waals surface area contributed by atoms with Gasteiger partial charge in [0.05, 0.1) is 0 Å². The van der Waals surface area contributed by atoms with E-state index in [1.165, 1.54) is 22.0 Å². The van der Waals surface area contributed by atoms with Crippen LogP contribution in [0.2, 0.25) is 0 Å². The van der Waals surface area contributed by atoms with Gasteiger partial charge in [0.25, 0.3) is 0 Å². The third kappa shape index (κ3) is 2.31. The van der Waals surface area contributed by atoms with Gasteiger partial charge in [-0.05, 0) is 36.2 Å². The molecule has 3 heteroatoms. The Balaban J connectivity index is 1.57. The van der Waals surface area contributed by atoms with Crippen LogP contribution in [0.25, 0.3) is 10.9 Å². The molecule has 0 saturated heterocycles. The SMILES string of the molecule is c1ccc2c(CCNCc3cc[nH]c3)c[nH]c2c1. The monoisotopic (exact) mass is 239 g/mol. The fourth-order valence-electron chi connectivity index (χ4n) is 2.26. The van der Waals surface area contributed by atoms with E-state index in [0.29, 0.717) is 0 Å². The zero-order chi connectivity index (χ0) is 12.2. The van der Waals surface area contributed by atoms with Gasteiger partial charge in [0, 0.05) is 36.0 Å². The number of para-hydroxylation sites is 1. The van der Waals surface area contributed by atoms with Crippen molar-refractivity contribution < 1.29 is 0 Å². The third-order valence-corrected chi connectivity index (χ3v) is 3.24. The van der Waals surface area contributed by atoms with Gasteiger partial charge in [-0.3, -0.25) is 0 Å². The van der Waals surface area contributed by atoms with Crippen molar-refractivity contribution in [2.24, 2.45) is 0 Å². The summed E-state index contributed by atoms with van der Waals surface area (Å²) in [6.07, 6.45) is 7.15. The first-order valence-corrected chi connectivity index (χ1v) is 6.31. The van der Waals surface area contributed by atoms with Gasteiger partial charge in [-0.15, -0.1) is 0 Å².